The van der Waals surface area contributed by atoms with E-state index >= 15 is 0 Å². The molecule has 0 spiro atoms. The number of amides is 4. The van der Waals surface area contributed by atoms with Crippen molar-refractivity contribution in [3.05, 3.63) is 70.5 Å². The lowest BCUT2D eigenvalue weighted by molar-refractivity contribution is -0.229. The summed E-state index contributed by atoms with van der Waals surface area (Å²) in [6.45, 7) is -0.615. The predicted octanol–water partition coefficient (Wildman–Crippen LogP) is 4.20. The number of carbonyl (C=O) groups excluding carboxylic acids is 4. The molecule has 3 fully saturated rings. The molecule has 4 aliphatic rings. The van der Waals surface area contributed by atoms with Crippen molar-refractivity contribution >= 4 is 32.2 Å². The van der Waals surface area contributed by atoms with Gasteiger partial charge in [-0.3, -0.25) is 28.6 Å². The zero-order valence-corrected chi connectivity index (χ0v) is 24.3. The van der Waals surface area contributed by atoms with Crippen LogP contribution in [0.5, 0.6) is 0 Å². The van der Waals surface area contributed by atoms with E-state index in [2.05, 4.69) is 5.32 Å². The van der Waals surface area contributed by atoms with E-state index in [1.54, 1.807) is 6.07 Å². The zero-order valence-electron chi connectivity index (χ0n) is 23.4. The number of fused-ring (bicyclic) bond motifs is 1. The van der Waals surface area contributed by atoms with Crippen LogP contribution in [-0.4, -0.2) is 58.4 Å². The van der Waals surface area contributed by atoms with Crippen molar-refractivity contribution in [3.8, 4) is 0 Å². The summed E-state index contributed by atoms with van der Waals surface area (Å²) in [5.74, 6) is -7.60. The summed E-state index contributed by atoms with van der Waals surface area (Å²) in [5.41, 5.74) is 0.690. The smallest absolute Gasteiger partial charge is 0.346 e. The van der Waals surface area contributed by atoms with Crippen molar-refractivity contribution in [2.24, 2.45) is 0 Å². The van der Waals surface area contributed by atoms with Gasteiger partial charge in [-0.25, -0.2) is 9.28 Å². The van der Waals surface area contributed by atoms with Gasteiger partial charge in [-0.2, -0.15) is 13.5 Å². The van der Waals surface area contributed by atoms with E-state index in [4.69, 9.17) is 18.6 Å². The lowest BCUT2D eigenvalue weighted by Crippen LogP contribution is -2.55. The lowest BCUT2D eigenvalue weighted by atomic mass is 10.0. The Morgan fingerprint density at radius 3 is 2.43 bits per heavy atom. The van der Waals surface area contributed by atoms with Crippen LogP contribution in [0, 0.1) is 5.82 Å². The number of nitrogens with one attached hydrogen (secondary N) is 1. The third-order valence-corrected chi connectivity index (χ3v) is 8.63. The number of imide groups is 1. The zero-order chi connectivity index (χ0) is 31.0. The van der Waals surface area contributed by atoms with Crippen molar-refractivity contribution in [2.45, 2.75) is 75.8 Å². The first-order valence-electron chi connectivity index (χ1n) is 14.2. The molecule has 15 heteroatoms. The summed E-state index contributed by atoms with van der Waals surface area (Å²) in [4.78, 5) is 59.1. The molecule has 2 heterocycles. The molecule has 1 saturated heterocycles. The van der Waals surface area contributed by atoms with Gasteiger partial charge in [0.05, 0.1) is 12.2 Å². The van der Waals surface area contributed by atoms with Gasteiger partial charge in [0.2, 0.25) is 5.91 Å². The molecule has 0 bridgehead atoms. The van der Waals surface area contributed by atoms with E-state index in [0.717, 1.165) is 54.8 Å². The summed E-state index contributed by atoms with van der Waals surface area (Å²) in [6, 6.07) is 7.09. The van der Waals surface area contributed by atoms with Crippen LogP contribution in [0.1, 0.15) is 65.6 Å². The summed E-state index contributed by atoms with van der Waals surface area (Å²) in [6.07, 6.45) is 3.55. The largest absolute Gasteiger partial charge is 0.364 e. The SMILES string of the molecule is O=C1CCC(N2Cc3cc(CNC(=O)C(F)(F)c4ccc(F)cc4)ccc3C2=O)C(=O)N1COP(OOC1CC1)OC1CC1. The highest BCUT2D eigenvalue weighted by Crippen LogP contribution is 2.48. The number of nitrogens with zero attached hydrogens (tertiary/aromatic N) is 2. The number of piperidine rings is 1. The quantitative estimate of drug-likeness (QED) is 0.150. The summed E-state index contributed by atoms with van der Waals surface area (Å²) in [7, 11) is -1.94. The molecular formula is C29H29F3N3O8P. The minimum Gasteiger partial charge on any atom is -0.346 e. The number of alkyl halides is 2. The van der Waals surface area contributed by atoms with Gasteiger partial charge in [0.15, 0.2) is 0 Å². The van der Waals surface area contributed by atoms with E-state index in [9.17, 15) is 32.3 Å². The van der Waals surface area contributed by atoms with Crippen molar-refractivity contribution < 1.29 is 51.0 Å². The highest BCUT2D eigenvalue weighted by Gasteiger charge is 2.44. The van der Waals surface area contributed by atoms with Crippen LogP contribution in [0.15, 0.2) is 42.5 Å². The van der Waals surface area contributed by atoms with Crippen molar-refractivity contribution in [3.63, 3.8) is 0 Å². The van der Waals surface area contributed by atoms with Gasteiger partial charge >= 0.3 is 14.5 Å². The van der Waals surface area contributed by atoms with E-state index in [0.29, 0.717) is 16.7 Å². The highest BCUT2D eigenvalue weighted by molar-refractivity contribution is 7.41. The molecule has 6 rings (SSSR count). The van der Waals surface area contributed by atoms with Gasteiger partial charge in [-0.15, -0.1) is 0 Å². The number of hydrogen-bond donors (Lipinski definition) is 1. The van der Waals surface area contributed by atoms with E-state index in [1.807, 2.05) is 0 Å². The molecule has 1 N–H and O–H groups in total. The van der Waals surface area contributed by atoms with Gasteiger partial charge in [0.25, 0.3) is 17.7 Å². The second-order valence-electron chi connectivity index (χ2n) is 11.1. The first-order valence-corrected chi connectivity index (χ1v) is 15.3. The number of carbonyl (C=O) groups is 4. The monoisotopic (exact) mass is 635 g/mol. The van der Waals surface area contributed by atoms with Gasteiger partial charge < -0.3 is 14.7 Å². The van der Waals surface area contributed by atoms with Gasteiger partial charge in [0.1, 0.15) is 18.6 Å². The molecule has 2 aliphatic carbocycles. The molecule has 0 radical (unpaired) electrons. The molecular weight excluding hydrogens is 606 g/mol. The predicted molar refractivity (Wildman–Crippen MR) is 146 cm³/mol. The van der Waals surface area contributed by atoms with Gasteiger partial charge in [-0.1, -0.05) is 12.1 Å². The second-order valence-corrected chi connectivity index (χ2v) is 12.1. The average Bonchev–Trinajstić information content (AvgIpc) is 3.94. The normalized spacial score (nSPS) is 21.1. The molecule has 44 heavy (non-hydrogen) atoms. The Balaban J connectivity index is 1.06. The maximum absolute atomic E-state index is 14.6. The van der Waals surface area contributed by atoms with Crippen LogP contribution in [-0.2, 0) is 52.0 Å². The fourth-order valence-corrected chi connectivity index (χ4v) is 5.81. The van der Waals surface area contributed by atoms with E-state index in [-0.39, 0.29) is 38.1 Å². The summed E-state index contributed by atoms with van der Waals surface area (Å²) >= 11 is 0. The standard InChI is InChI=1S/C29H29F3N3O8P/c30-20-4-2-19(3-5-20)29(31,32)28(39)33-14-17-1-10-23-18(13-17)15-34(26(23)37)24-11-12-25(36)35(27(24)38)16-40-44(42-22-8-9-22)43-41-21-6-7-21/h1-5,10,13,21-22,24H,6-9,11-12,14-16H2,(H,33,39). The summed E-state index contributed by atoms with van der Waals surface area (Å²) < 4.78 is 58.8. The Hall–Kier alpha value is -3.42. The average molecular weight is 636 g/mol. The lowest BCUT2D eigenvalue weighted by Gasteiger charge is -2.35. The van der Waals surface area contributed by atoms with E-state index < -0.39 is 62.3 Å². The van der Waals surface area contributed by atoms with Crippen LogP contribution < -0.4 is 5.32 Å². The fraction of sp³-hybridized carbons (Fsp3) is 0.448. The van der Waals surface area contributed by atoms with E-state index in [1.165, 1.54) is 17.0 Å². The Morgan fingerprint density at radius 2 is 1.73 bits per heavy atom. The second kappa shape index (κ2) is 12.5. The number of benzene rings is 2. The molecule has 11 nitrogen and oxygen atoms in total. The maximum Gasteiger partial charge on any atom is 0.364 e. The highest BCUT2D eigenvalue weighted by atomic mass is 31.2. The molecule has 4 amide bonds. The number of likely N-dealkylation sites (tertiary alicyclic amines) is 1. The Bertz CT molecular complexity index is 1450. The fourth-order valence-electron chi connectivity index (χ4n) is 4.82. The molecule has 0 aromatic heterocycles. The third-order valence-electron chi connectivity index (χ3n) is 7.62. The maximum atomic E-state index is 14.6. The molecule has 2 aliphatic heterocycles. The molecule has 2 atom stereocenters. The number of hydrogen-bond acceptors (Lipinski definition) is 8. The molecule has 234 valence electrons. The van der Waals surface area contributed by atoms with Crippen LogP contribution in [0.4, 0.5) is 13.2 Å². The molecule has 2 aromatic rings. The van der Waals surface area contributed by atoms with Crippen molar-refractivity contribution in [2.75, 3.05) is 6.73 Å². The number of halogens is 3. The third kappa shape index (κ3) is 6.79. The first-order chi connectivity index (χ1) is 21.1. The molecule has 2 saturated carbocycles. The minimum atomic E-state index is -3.88. The van der Waals surface area contributed by atoms with Crippen molar-refractivity contribution in [1.82, 2.24) is 15.1 Å². The topological polar surface area (TPSA) is 124 Å². The van der Waals surface area contributed by atoms with Gasteiger partial charge in [-0.05, 0) is 73.6 Å². The summed E-state index contributed by atoms with van der Waals surface area (Å²) in [5, 5.41) is 2.18. The Morgan fingerprint density at radius 1 is 1.00 bits per heavy atom. The van der Waals surface area contributed by atoms with Crippen LogP contribution in [0.25, 0.3) is 0 Å². The Kier molecular flexibility index (Phi) is 8.71. The Labute approximate surface area is 251 Å². The van der Waals surface area contributed by atoms with Crippen molar-refractivity contribution in [1.29, 1.82) is 0 Å². The molecule has 2 aromatic carbocycles. The minimum absolute atomic E-state index is 0.0142. The van der Waals surface area contributed by atoms with Crippen LogP contribution in [0.3, 0.4) is 0 Å². The molecule has 2 unspecified atom stereocenters. The first kappa shape index (κ1) is 30.6. The van der Waals surface area contributed by atoms with Crippen LogP contribution >= 0.6 is 8.60 Å². The number of rotatable bonds is 13. The van der Waals surface area contributed by atoms with Gasteiger partial charge in [0, 0.05) is 30.6 Å². The van der Waals surface area contributed by atoms with Crippen LogP contribution in [0.2, 0.25) is 0 Å².